The third-order valence-electron chi connectivity index (χ3n) is 5.43. The van der Waals surface area contributed by atoms with Crippen LogP contribution in [0.2, 0.25) is 0 Å². The summed E-state index contributed by atoms with van der Waals surface area (Å²) in [5.74, 6) is -0.0114. The largest absolute Gasteiger partial charge is 0.379 e. The second kappa shape index (κ2) is 9.99. The predicted octanol–water partition coefficient (Wildman–Crippen LogP) is 4.06. The van der Waals surface area contributed by atoms with Crippen LogP contribution in [-0.4, -0.2) is 75.5 Å². The number of carbonyl (C=O) groups excluding carboxylic acids is 1. The van der Waals surface area contributed by atoms with Crippen molar-refractivity contribution < 1.29 is 9.53 Å². The lowest BCUT2D eigenvalue weighted by atomic mass is 10.1. The van der Waals surface area contributed by atoms with Gasteiger partial charge in [0.2, 0.25) is 0 Å². The monoisotopic (exact) mass is 456 g/mol. The maximum Gasteiger partial charge on any atom is 0.260 e. The number of nitrogens with zero attached hydrogens (tertiary/aromatic N) is 4. The Labute approximate surface area is 191 Å². The number of amides is 1. The molecule has 0 unspecified atom stereocenters. The number of thioether (sulfide) groups is 1. The average Bonchev–Trinajstić information content (AvgIpc) is 3.22. The van der Waals surface area contributed by atoms with Crippen molar-refractivity contribution in [1.29, 1.82) is 0 Å². The van der Waals surface area contributed by atoms with Gasteiger partial charge < -0.3 is 9.64 Å². The smallest absolute Gasteiger partial charge is 0.260 e. The van der Waals surface area contributed by atoms with Crippen LogP contribution in [0.25, 0.3) is 10.2 Å². The van der Waals surface area contributed by atoms with Crippen LogP contribution >= 0.6 is 23.1 Å². The molecule has 1 aliphatic heterocycles. The van der Waals surface area contributed by atoms with Gasteiger partial charge in [0.15, 0.2) is 5.13 Å². The minimum atomic E-state index is -0.0114. The highest BCUT2D eigenvalue weighted by atomic mass is 32.2. The second-order valence-electron chi connectivity index (χ2n) is 7.68. The van der Waals surface area contributed by atoms with E-state index in [1.165, 1.54) is 4.90 Å². The molecule has 1 amide bonds. The fourth-order valence-electron chi connectivity index (χ4n) is 3.54. The minimum Gasteiger partial charge on any atom is -0.379 e. The lowest BCUT2D eigenvalue weighted by Crippen LogP contribution is -2.43. The number of fused-ring (bicyclic) bond motifs is 1. The first-order chi connectivity index (χ1) is 15.0. The molecule has 2 heterocycles. The van der Waals surface area contributed by atoms with Gasteiger partial charge in [0, 0.05) is 56.4 Å². The molecule has 0 atom stereocenters. The first-order valence-corrected chi connectivity index (χ1v) is 12.4. The van der Waals surface area contributed by atoms with E-state index in [0.717, 1.165) is 53.9 Å². The number of carbonyl (C=O) groups is 1. The Morgan fingerprint density at radius 3 is 2.58 bits per heavy atom. The second-order valence-corrected chi connectivity index (χ2v) is 9.57. The maximum absolute atomic E-state index is 13.5. The predicted molar refractivity (Wildman–Crippen MR) is 131 cm³/mol. The molecular formula is C23H28N4O2S2. The Morgan fingerprint density at radius 2 is 1.90 bits per heavy atom. The molecule has 3 aromatic rings. The number of hydrogen-bond donors (Lipinski definition) is 0. The van der Waals surface area contributed by atoms with Crippen LogP contribution in [0.5, 0.6) is 0 Å². The maximum atomic E-state index is 13.5. The Hall–Kier alpha value is -2.13. The quantitative estimate of drug-likeness (QED) is 0.500. The zero-order valence-electron chi connectivity index (χ0n) is 18.2. The van der Waals surface area contributed by atoms with Gasteiger partial charge in [0.25, 0.3) is 5.91 Å². The number of aromatic nitrogens is 1. The lowest BCUT2D eigenvalue weighted by Gasteiger charge is -2.29. The molecular weight excluding hydrogens is 428 g/mol. The van der Waals surface area contributed by atoms with E-state index in [-0.39, 0.29) is 5.91 Å². The molecule has 0 radical (unpaired) electrons. The number of benzene rings is 2. The van der Waals surface area contributed by atoms with Crippen molar-refractivity contribution >= 4 is 50.0 Å². The van der Waals surface area contributed by atoms with Crippen molar-refractivity contribution in [2.24, 2.45) is 0 Å². The van der Waals surface area contributed by atoms with E-state index >= 15 is 0 Å². The summed E-state index contributed by atoms with van der Waals surface area (Å²) in [6, 6.07) is 14.0. The van der Waals surface area contributed by atoms with Crippen molar-refractivity contribution in [2.45, 2.75) is 4.90 Å². The molecule has 2 aromatic carbocycles. The fraction of sp³-hybridized carbons (Fsp3) is 0.391. The average molecular weight is 457 g/mol. The topological polar surface area (TPSA) is 48.9 Å². The zero-order chi connectivity index (χ0) is 21.8. The van der Waals surface area contributed by atoms with Gasteiger partial charge >= 0.3 is 0 Å². The van der Waals surface area contributed by atoms with Crippen molar-refractivity contribution in [1.82, 2.24) is 9.88 Å². The van der Waals surface area contributed by atoms with Crippen LogP contribution in [0.4, 0.5) is 10.8 Å². The van der Waals surface area contributed by atoms with Crippen LogP contribution in [0.15, 0.2) is 47.4 Å². The molecule has 1 aliphatic rings. The molecule has 6 nitrogen and oxygen atoms in total. The zero-order valence-corrected chi connectivity index (χ0v) is 19.8. The van der Waals surface area contributed by atoms with Crippen molar-refractivity contribution in [3.8, 4) is 0 Å². The summed E-state index contributed by atoms with van der Waals surface area (Å²) in [6.45, 7) is 4.70. The highest BCUT2D eigenvalue weighted by Crippen LogP contribution is 2.32. The van der Waals surface area contributed by atoms with Gasteiger partial charge in [-0.3, -0.25) is 14.6 Å². The molecule has 8 heteroatoms. The normalized spacial score (nSPS) is 14.7. The number of morpholine rings is 1. The molecule has 1 saturated heterocycles. The molecule has 31 heavy (non-hydrogen) atoms. The molecule has 1 fully saturated rings. The van der Waals surface area contributed by atoms with E-state index in [9.17, 15) is 4.79 Å². The minimum absolute atomic E-state index is 0.0114. The van der Waals surface area contributed by atoms with Crippen LogP contribution in [-0.2, 0) is 4.74 Å². The molecule has 1 aromatic heterocycles. The van der Waals surface area contributed by atoms with E-state index < -0.39 is 0 Å². The third kappa shape index (κ3) is 5.20. The van der Waals surface area contributed by atoms with Gasteiger partial charge in [-0.15, -0.1) is 11.8 Å². The van der Waals surface area contributed by atoms with Gasteiger partial charge in [-0.1, -0.05) is 11.3 Å². The standard InChI is InChI=1S/C23H28N4O2S2/c1-25(2)18-6-4-17(5-7-18)22(28)27(11-10-26-12-14-29-15-13-26)23-24-20-9-8-19(30-3)16-21(20)31-23/h4-9,16H,10-15H2,1-3H3. The molecule has 0 bridgehead atoms. The first kappa shape index (κ1) is 22.1. The van der Waals surface area contributed by atoms with Crippen LogP contribution in [0.1, 0.15) is 10.4 Å². The van der Waals surface area contributed by atoms with Gasteiger partial charge in [-0.25, -0.2) is 4.98 Å². The van der Waals surface area contributed by atoms with Gasteiger partial charge in [0.05, 0.1) is 23.4 Å². The number of ether oxygens (including phenoxy) is 1. The van der Waals surface area contributed by atoms with E-state index in [1.807, 2.05) is 54.2 Å². The molecule has 0 saturated carbocycles. The molecule has 0 N–H and O–H groups in total. The van der Waals surface area contributed by atoms with Crippen molar-refractivity contribution in [3.05, 3.63) is 48.0 Å². The van der Waals surface area contributed by atoms with Crippen molar-refractivity contribution in [2.75, 3.05) is 69.5 Å². The Balaban J connectivity index is 1.62. The highest BCUT2D eigenvalue weighted by Gasteiger charge is 2.23. The van der Waals surface area contributed by atoms with Crippen LogP contribution in [0, 0.1) is 0 Å². The summed E-state index contributed by atoms with van der Waals surface area (Å²) in [5, 5.41) is 0.753. The number of anilines is 2. The van der Waals surface area contributed by atoms with E-state index in [4.69, 9.17) is 9.72 Å². The Morgan fingerprint density at radius 1 is 1.16 bits per heavy atom. The van der Waals surface area contributed by atoms with Crippen molar-refractivity contribution in [3.63, 3.8) is 0 Å². The molecule has 0 spiro atoms. The summed E-state index contributed by atoms with van der Waals surface area (Å²) in [6.07, 6.45) is 2.07. The fourth-order valence-corrected chi connectivity index (χ4v) is 5.09. The molecule has 164 valence electrons. The highest BCUT2D eigenvalue weighted by molar-refractivity contribution is 7.98. The lowest BCUT2D eigenvalue weighted by molar-refractivity contribution is 0.0391. The number of hydrogen-bond acceptors (Lipinski definition) is 7. The third-order valence-corrected chi connectivity index (χ3v) is 7.20. The summed E-state index contributed by atoms with van der Waals surface area (Å²) >= 11 is 3.29. The van der Waals surface area contributed by atoms with Crippen LogP contribution in [0.3, 0.4) is 0 Å². The van der Waals surface area contributed by atoms with Gasteiger partial charge in [-0.05, 0) is 48.7 Å². The van der Waals surface area contributed by atoms with E-state index in [1.54, 1.807) is 23.1 Å². The first-order valence-electron chi connectivity index (χ1n) is 10.4. The van der Waals surface area contributed by atoms with Gasteiger partial charge in [0.1, 0.15) is 0 Å². The summed E-state index contributed by atoms with van der Waals surface area (Å²) in [4.78, 5) is 25.8. The molecule has 0 aliphatic carbocycles. The number of thiazole rings is 1. The summed E-state index contributed by atoms with van der Waals surface area (Å²) in [5.41, 5.74) is 2.68. The Kier molecular flexibility index (Phi) is 7.12. The van der Waals surface area contributed by atoms with Gasteiger partial charge in [-0.2, -0.15) is 0 Å². The Bertz CT molecular complexity index is 1030. The van der Waals surface area contributed by atoms with E-state index in [2.05, 4.69) is 23.3 Å². The van der Waals surface area contributed by atoms with E-state index in [0.29, 0.717) is 12.1 Å². The SMILES string of the molecule is CSc1ccc2nc(N(CCN3CCOCC3)C(=O)c3ccc(N(C)C)cc3)sc2c1. The summed E-state index contributed by atoms with van der Waals surface area (Å²) in [7, 11) is 3.99. The number of rotatable bonds is 7. The van der Waals surface area contributed by atoms with Crippen LogP contribution < -0.4 is 9.80 Å². The molecule has 4 rings (SSSR count). The summed E-state index contributed by atoms with van der Waals surface area (Å²) < 4.78 is 6.57.